The maximum Gasteiger partial charge on any atom is 0.351 e. The number of ether oxygens (including phenoxy) is 2. The Hall–Kier alpha value is -2.78. The van der Waals surface area contributed by atoms with E-state index in [4.69, 9.17) is 23.7 Å². The molecule has 35 heavy (non-hydrogen) atoms. The summed E-state index contributed by atoms with van der Waals surface area (Å²) in [5.74, 6) is -0.634. The van der Waals surface area contributed by atoms with Crippen LogP contribution in [0.1, 0.15) is 66.4 Å². The Balaban J connectivity index is 1.63. The highest BCUT2D eigenvalue weighted by molar-refractivity contribution is 9.10. The number of carbonyl (C=O) groups excluding carboxylic acids is 1. The van der Waals surface area contributed by atoms with Gasteiger partial charge in [0.1, 0.15) is 17.3 Å². The van der Waals surface area contributed by atoms with E-state index in [0.29, 0.717) is 16.5 Å². The highest BCUT2D eigenvalue weighted by Crippen LogP contribution is 2.35. The molecule has 7 nitrogen and oxygen atoms in total. The molecule has 8 heteroatoms. The topological polar surface area (TPSA) is 84.2 Å². The number of hydrogen-bond donors (Lipinski definition) is 0. The van der Waals surface area contributed by atoms with Crippen molar-refractivity contribution in [3.05, 3.63) is 86.2 Å². The van der Waals surface area contributed by atoms with E-state index in [0.717, 1.165) is 27.6 Å². The molecule has 0 spiro atoms. The van der Waals surface area contributed by atoms with E-state index in [1.54, 1.807) is 13.0 Å². The average molecular weight is 543 g/mol. The summed E-state index contributed by atoms with van der Waals surface area (Å²) in [4.78, 5) is 36.0. The van der Waals surface area contributed by atoms with Crippen molar-refractivity contribution in [2.75, 3.05) is 13.2 Å². The maximum atomic E-state index is 12.5. The van der Waals surface area contributed by atoms with Gasteiger partial charge >= 0.3 is 11.6 Å². The normalized spacial score (nSPS) is 18.9. The lowest BCUT2D eigenvalue weighted by atomic mass is 9.93. The predicted molar refractivity (Wildman–Crippen MR) is 135 cm³/mol. The van der Waals surface area contributed by atoms with Gasteiger partial charge in [-0.25, -0.2) is 14.5 Å². The first-order valence-electron chi connectivity index (χ1n) is 11.5. The minimum absolute atomic E-state index is 0.0866. The molecule has 184 valence electrons. The summed E-state index contributed by atoms with van der Waals surface area (Å²) in [5, 5.41) is 0.578. The van der Waals surface area contributed by atoms with E-state index < -0.39 is 24.0 Å². The van der Waals surface area contributed by atoms with E-state index in [1.165, 1.54) is 6.07 Å². The molecule has 2 heterocycles. The second kappa shape index (κ2) is 10.9. The minimum atomic E-state index is -0.797. The van der Waals surface area contributed by atoms with Gasteiger partial charge in [-0.3, -0.25) is 0 Å². The van der Waals surface area contributed by atoms with Crippen LogP contribution in [0.2, 0.25) is 0 Å². The largest absolute Gasteiger partial charge is 0.462 e. The summed E-state index contributed by atoms with van der Waals surface area (Å²) in [5.41, 5.74) is 2.73. The smallest absolute Gasteiger partial charge is 0.351 e. The van der Waals surface area contributed by atoms with Gasteiger partial charge in [-0.1, -0.05) is 48.5 Å². The fraction of sp³-hybridized carbons (Fsp3) is 0.333. The molecule has 1 saturated heterocycles. The Bertz CT molecular complexity index is 1290. The van der Waals surface area contributed by atoms with Crippen LogP contribution in [-0.4, -0.2) is 25.3 Å². The monoisotopic (exact) mass is 542 g/mol. The summed E-state index contributed by atoms with van der Waals surface area (Å²) in [6.45, 7) is 10.3. The lowest BCUT2D eigenvalue weighted by Gasteiger charge is -2.30. The number of halogens is 1. The number of hydrogen-bond acceptors (Lipinski definition) is 7. The Labute approximate surface area is 211 Å². The maximum absolute atomic E-state index is 12.5. The number of benzene rings is 2. The van der Waals surface area contributed by atoms with E-state index in [2.05, 4.69) is 22.5 Å². The molecular weight excluding hydrogens is 516 g/mol. The molecule has 3 atom stereocenters. The van der Waals surface area contributed by atoms with E-state index in [1.807, 2.05) is 44.2 Å². The average Bonchev–Trinajstić information content (AvgIpc) is 2.87. The molecule has 0 amide bonds. The molecule has 1 aliphatic heterocycles. The molecule has 1 fully saturated rings. The van der Waals surface area contributed by atoms with E-state index in [-0.39, 0.29) is 24.7 Å². The second-order valence-corrected chi connectivity index (χ2v) is 9.30. The predicted octanol–water partition coefficient (Wildman–Crippen LogP) is 6.30. The van der Waals surface area contributed by atoms with E-state index in [9.17, 15) is 9.59 Å². The Kier molecular flexibility index (Phi) is 7.86. The summed E-state index contributed by atoms with van der Waals surface area (Å²) in [6, 6.07) is 12.9. The quantitative estimate of drug-likeness (QED) is 0.196. The standard InChI is InChI=1S/C27H27BrO7/c1-5-15(3)21-13-19(11-18-12-22(25(29)31-6-2)26(30)33-24(18)21)27-32-14-23(34-35-27)16(4)17-7-9-20(28)10-8-17/h7-13,15,23,27H,4-6,14H2,1-3H3. The summed E-state index contributed by atoms with van der Waals surface area (Å²) >= 11 is 3.43. The Morgan fingerprint density at radius 1 is 1.17 bits per heavy atom. The molecule has 3 unspecified atom stereocenters. The van der Waals surface area contributed by atoms with Crippen LogP contribution in [0, 0.1) is 0 Å². The van der Waals surface area contributed by atoms with Crippen LogP contribution in [0.5, 0.6) is 0 Å². The highest BCUT2D eigenvalue weighted by atomic mass is 79.9. The summed E-state index contributed by atoms with van der Waals surface area (Å²) in [6.07, 6.45) is -0.440. The third kappa shape index (κ3) is 5.41. The van der Waals surface area contributed by atoms with Crippen LogP contribution >= 0.6 is 15.9 Å². The first kappa shape index (κ1) is 25.3. The zero-order chi connectivity index (χ0) is 25.1. The van der Waals surface area contributed by atoms with Gasteiger partial charge in [0, 0.05) is 15.4 Å². The van der Waals surface area contributed by atoms with Gasteiger partial charge in [0.2, 0.25) is 6.29 Å². The van der Waals surface area contributed by atoms with Crippen LogP contribution < -0.4 is 5.63 Å². The van der Waals surface area contributed by atoms with Gasteiger partial charge < -0.3 is 13.9 Å². The highest BCUT2D eigenvalue weighted by Gasteiger charge is 2.29. The molecule has 0 radical (unpaired) electrons. The van der Waals surface area contributed by atoms with Crippen molar-refractivity contribution in [1.29, 1.82) is 0 Å². The lowest BCUT2D eigenvalue weighted by Crippen LogP contribution is -2.30. The first-order chi connectivity index (χ1) is 16.8. The molecule has 1 aliphatic rings. The SMILES string of the molecule is C=C(c1ccc(Br)cc1)C1COC(c2cc(C(C)CC)c3oc(=O)c(C(=O)OCC)cc3c2)OO1. The minimum Gasteiger partial charge on any atom is -0.462 e. The Morgan fingerprint density at radius 2 is 1.91 bits per heavy atom. The molecule has 3 aromatic rings. The molecule has 4 rings (SSSR count). The number of rotatable bonds is 7. The van der Waals surface area contributed by atoms with Gasteiger partial charge in [-0.05, 0) is 66.3 Å². The van der Waals surface area contributed by atoms with Crippen LogP contribution in [0.25, 0.3) is 16.5 Å². The van der Waals surface area contributed by atoms with Gasteiger partial charge in [0.05, 0.1) is 13.2 Å². The van der Waals surface area contributed by atoms with Gasteiger partial charge in [0.15, 0.2) is 0 Å². The summed E-state index contributed by atoms with van der Waals surface area (Å²) in [7, 11) is 0. The third-order valence-electron chi connectivity index (χ3n) is 6.06. The van der Waals surface area contributed by atoms with E-state index >= 15 is 0 Å². The van der Waals surface area contributed by atoms with Crippen molar-refractivity contribution in [2.45, 2.75) is 45.5 Å². The fourth-order valence-corrected chi connectivity index (χ4v) is 4.13. The Morgan fingerprint density at radius 3 is 2.54 bits per heavy atom. The van der Waals surface area contributed by atoms with Crippen LogP contribution in [0.15, 0.2) is 62.7 Å². The second-order valence-electron chi connectivity index (χ2n) is 8.38. The van der Waals surface area contributed by atoms with Crippen molar-refractivity contribution in [3.63, 3.8) is 0 Å². The molecule has 0 aliphatic carbocycles. The van der Waals surface area contributed by atoms with Gasteiger partial charge in [-0.15, -0.1) is 0 Å². The molecular formula is C27H27BrO7. The molecule has 0 bridgehead atoms. The zero-order valence-corrected chi connectivity index (χ0v) is 21.4. The van der Waals surface area contributed by atoms with Crippen LogP contribution in [0.3, 0.4) is 0 Å². The fourth-order valence-electron chi connectivity index (χ4n) is 3.87. The van der Waals surface area contributed by atoms with Gasteiger partial charge in [-0.2, -0.15) is 4.89 Å². The summed E-state index contributed by atoms with van der Waals surface area (Å²) < 4.78 is 17.6. The van der Waals surface area contributed by atoms with Crippen molar-refractivity contribution in [1.82, 2.24) is 0 Å². The zero-order valence-electron chi connectivity index (χ0n) is 19.8. The van der Waals surface area contributed by atoms with Crippen molar-refractivity contribution in [2.24, 2.45) is 0 Å². The van der Waals surface area contributed by atoms with Crippen LogP contribution in [-0.2, 0) is 19.2 Å². The van der Waals surface area contributed by atoms with Gasteiger partial charge in [0.25, 0.3) is 0 Å². The van der Waals surface area contributed by atoms with Crippen molar-refractivity contribution < 1.29 is 28.5 Å². The number of carbonyl (C=O) groups is 1. The van der Waals surface area contributed by atoms with Crippen molar-refractivity contribution in [3.8, 4) is 0 Å². The molecule has 1 aromatic heterocycles. The molecule has 2 aromatic carbocycles. The first-order valence-corrected chi connectivity index (χ1v) is 12.3. The molecule has 0 N–H and O–H groups in total. The van der Waals surface area contributed by atoms with Crippen LogP contribution in [0.4, 0.5) is 0 Å². The third-order valence-corrected chi connectivity index (χ3v) is 6.58. The van der Waals surface area contributed by atoms with Crippen molar-refractivity contribution >= 4 is 38.4 Å². The molecule has 0 saturated carbocycles. The number of esters is 1. The lowest BCUT2D eigenvalue weighted by molar-refractivity contribution is -0.435. The number of fused-ring (bicyclic) bond motifs is 1.